The molecule has 2 aliphatic rings. The summed E-state index contributed by atoms with van der Waals surface area (Å²) < 4.78 is 0. The second kappa shape index (κ2) is 4.48. The van der Waals surface area contributed by atoms with Crippen LogP contribution in [0.2, 0.25) is 0 Å². The number of benzene rings is 2. The summed E-state index contributed by atoms with van der Waals surface area (Å²) in [5.41, 5.74) is 5.29. The van der Waals surface area contributed by atoms with E-state index in [2.05, 4.69) is 47.4 Å². The van der Waals surface area contributed by atoms with Crippen molar-refractivity contribution in [2.24, 2.45) is 0 Å². The summed E-state index contributed by atoms with van der Waals surface area (Å²) in [5.74, 6) is 0.697. The Morgan fingerprint density at radius 2 is 1.70 bits per heavy atom. The Bertz CT molecular complexity index is 675. The van der Waals surface area contributed by atoms with Crippen LogP contribution in [0.5, 0.6) is 0 Å². The predicted molar refractivity (Wildman–Crippen MR) is 80.9 cm³/mol. The first-order valence-corrected chi connectivity index (χ1v) is 7.36. The normalized spacial score (nSPS) is 20.7. The van der Waals surface area contributed by atoms with Crippen LogP contribution in [0.4, 0.5) is 0 Å². The van der Waals surface area contributed by atoms with E-state index in [1.165, 1.54) is 29.5 Å². The van der Waals surface area contributed by atoms with Crippen LogP contribution < -0.4 is 0 Å². The van der Waals surface area contributed by atoms with Crippen LogP contribution in [-0.2, 0) is 13.0 Å². The second-order valence-electron chi connectivity index (χ2n) is 5.74. The predicted octanol–water partition coefficient (Wildman–Crippen LogP) is 3.91. The molecule has 2 heteroatoms. The summed E-state index contributed by atoms with van der Waals surface area (Å²) in [7, 11) is 0. The minimum absolute atomic E-state index is 0.375. The van der Waals surface area contributed by atoms with Crippen LogP contribution in [0, 0.1) is 5.41 Å². The zero-order valence-corrected chi connectivity index (χ0v) is 11.5. The number of nitrogens with one attached hydrogen (secondary N) is 1. The highest BCUT2D eigenvalue weighted by atomic mass is 15.2. The van der Waals surface area contributed by atoms with Crippen LogP contribution in [0.15, 0.2) is 48.5 Å². The fourth-order valence-electron chi connectivity index (χ4n) is 3.62. The Kier molecular flexibility index (Phi) is 2.62. The Balaban J connectivity index is 1.73. The summed E-state index contributed by atoms with van der Waals surface area (Å²) in [6.45, 7) is 0.883. The molecule has 0 saturated carbocycles. The van der Waals surface area contributed by atoms with Gasteiger partial charge in [0.15, 0.2) is 0 Å². The van der Waals surface area contributed by atoms with Gasteiger partial charge in [-0.1, -0.05) is 48.5 Å². The molecular formula is C18H18N2. The Hall–Kier alpha value is -2.09. The number of fused-ring (bicyclic) bond motifs is 2. The molecule has 20 heavy (non-hydrogen) atoms. The highest BCUT2D eigenvalue weighted by Crippen LogP contribution is 2.38. The molecule has 1 N–H and O–H groups in total. The molecule has 0 aromatic heterocycles. The summed E-state index contributed by atoms with van der Waals surface area (Å²) in [6.07, 6.45) is 3.57. The van der Waals surface area contributed by atoms with Crippen LogP contribution in [-0.4, -0.2) is 10.7 Å². The number of amidine groups is 1. The fraction of sp³-hybridized carbons (Fsp3) is 0.278. The van der Waals surface area contributed by atoms with Gasteiger partial charge >= 0.3 is 0 Å². The van der Waals surface area contributed by atoms with Gasteiger partial charge in [0.05, 0.1) is 6.04 Å². The van der Waals surface area contributed by atoms with Gasteiger partial charge in [-0.15, -0.1) is 0 Å². The van der Waals surface area contributed by atoms with Crippen LogP contribution >= 0.6 is 0 Å². The van der Waals surface area contributed by atoms with Crippen molar-refractivity contribution in [2.75, 3.05) is 0 Å². The van der Waals surface area contributed by atoms with Crippen molar-refractivity contribution in [3.8, 4) is 0 Å². The number of aryl methyl sites for hydroxylation is 1. The van der Waals surface area contributed by atoms with Crippen molar-refractivity contribution >= 4 is 5.84 Å². The molecule has 0 spiro atoms. The summed E-state index contributed by atoms with van der Waals surface area (Å²) in [6, 6.07) is 17.5. The minimum Gasteiger partial charge on any atom is -0.345 e. The van der Waals surface area contributed by atoms with Gasteiger partial charge in [0, 0.05) is 12.1 Å². The Morgan fingerprint density at radius 3 is 2.55 bits per heavy atom. The van der Waals surface area contributed by atoms with Crippen molar-refractivity contribution < 1.29 is 0 Å². The lowest BCUT2D eigenvalue weighted by Gasteiger charge is -2.34. The lowest BCUT2D eigenvalue weighted by Crippen LogP contribution is -2.31. The highest BCUT2D eigenvalue weighted by Gasteiger charge is 2.32. The molecule has 1 atom stereocenters. The number of rotatable bonds is 1. The largest absolute Gasteiger partial charge is 0.345 e. The first-order valence-electron chi connectivity index (χ1n) is 7.36. The van der Waals surface area contributed by atoms with E-state index in [-0.39, 0.29) is 0 Å². The third-order valence-corrected chi connectivity index (χ3v) is 4.61. The molecule has 100 valence electrons. The topological polar surface area (TPSA) is 27.1 Å². The maximum absolute atomic E-state index is 8.49. The van der Waals surface area contributed by atoms with Crippen LogP contribution in [0.25, 0.3) is 0 Å². The number of hydrogen-bond donors (Lipinski definition) is 1. The molecule has 1 aliphatic heterocycles. The summed E-state index contributed by atoms with van der Waals surface area (Å²) >= 11 is 0. The van der Waals surface area contributed by atoms with Gasteiger partial charge in [0.1, 0.15) is 5.84 Å². The maximum atomic E-state index is 8.49. The first-order chi connectivity index (χ1) is 9.84. The van der Waals surface area contributed by atoms with Crippen molar-refractivity contribution in [2.45, 2.75) is 31.8 Å². The minimum atomic E-state index is 0.375. The summed E-state index contributed by atoms with van der Waals surface area (Å²) in [5, 5.41) is 8.49. The standard InChI is InChI=1S/C18H18N2/c19-18-16-10-4-2-7-14(16)12-20(18)17-11-5-8-13-6-1-3-9-15(13)17/h1-4,6-7,9-10,17,19H,5,8,11-12H2. The average Bonchev–Trinajstić information content (AvgIpc) is 2.84. The van der Waals surface area contributed by atoms with E-state index in [4.69, 9.17) is 5.41 Å². The lowest BCUT2D eigenvalue weighted by molar-refractivity contribution is 0.286. The molecule has 1 unspecified atom stereocenters. The first kappa shape index (κ1) is 11.7. The van der Waals surface area contributed by atoms with Crippen molar-refractivity contribution in [3.63, 3.8) is 0 Å². The molecule has 2 aromatic rings. The van der Waals surface area contributed by atoms with E-state index >= 15 is 0 Å². The van der Waals surface area contributed by atoms with Gasteiger partial charge in [-0.3, -0.25) is 5.41 Å². The van der Waals surface area contributed by atoms with Gasteiger partial charge in [-0.05, 0) is 36.0 Å². The zero-order chi connectivity index (χ0) is 13.5. The second-order valence-corrected chi connectivity index (χ2v) is 5.74. The monoisotopic (exact) mass is 262 g/mol. The lowest BCUT2D eigenvalue weighted by atomic mass is 9.87. The molecule has 0 bridgehead atoms. The van der Waals surface area contributed by atoms with E-state index < -0.39 is 0 Å². The smallest absolute Gasteiger partial charge is 0.129 e. The van der Waals surface area contributed by atoms with Crippen LogP contribution in [0.1, 0.15) is 41.1 Å². The highest BCUT2D eigenvalue weighted by molar-refractivity contribution is 6.00. The van der Waals surface area contributed by atoms with E-state index in [9.17, 15) is 0 Å². The molecule has 1 heterocycles. The molecule has 2 nitrogen and oxygen atoms in total. The van der Waals surface area contributed by atoms with Gasteiger partial charge in [0.25, 0.3) is 0 Å². The molecule has 4 rings (SSSR count). The summed E-state index contributed by atoms with van der Waals surface area (Å²) in [4.78, 5) is 2.28. The number of nitrogens with zero attached hydrogens (tertiary/aromatic N) is 1. The molecule has 0 amide bonds. The van der Waals surface area contributed by atoms with E-state index in [1.807, 2.05) is 6.07 Å². The number of hydrogen-bond acceptors (Lipinski definition) is 1. The average molecular weight is 262 g/mol. The van der Waals surface area contributed by atoms with E-state index in [0.29, 0.717) is 11.9 Å². The molecule has 2 aromatic carbocycles. The van der Waals surface area contributed by atoms with Gasteiger partial charge < -0.3 is 4.90 Å². The maximum Gasteiger partial charge on any atom is 0.129 e. The Labute approximate surface area is 119 Å². The van der Waals surface area contributed by atoms with Crippen LogP contribution in [0.3, 0.4) is 0 Å². The van der Waals surface area contributed by atoms with Gasteiger partial charge in [-0.25, -0.2) is 0 Å². The molecular weight excluding hydrogens is 244 g/mol. The zero-order valence-electron chi connectivity index (χ0n) is 11.5. The molecule has 0 saturated heterocycles. The SMILES string of the molecule is N=C1c2ccccc2CN1C1CCCc2ccccc21. The molecule has 0 fully saturated rings. The van der Waals surface area contributed by atoms with Crippen molar-refractivity contribution in [1.29, 1.82) is 5.41 Å². The van der Waals surface area contributed by atoms with E-state index in [1.54, 1.807) is 0 Å². The third kappa shape index (κ3) is 1.68. The van der Waals surface area contributed by atoms with Crippen molar-refractivity contribution in [3.05, 3.63) is 70.8 Å². The van der Waals surface area contributed by atoms with Gasteiger partial charge in [-0.2, -0.15) is 0 Å². The fourth-order valence-corrected chi connectivity index (χ4v) is 3.62. The quantitative estimate of drug-likeness (QED) is 0.829. The van der Waals surface area contributed by atoms with E-state index in [0.717, 1.165) is 18.5 Å². The molecule has 1 aliphatic carbocycles. The Morgan fingerprint density at radius 1 is 0.950 bits per heavy atom. The van der Waals surface area contributed by atoms with Crippen molar-refractivity contribution in [1.82, 2.24) is 4.90 Å². The van der Waals surface area contributed by atoms with Gasteiger partial charge in [0.2, 0.25) is 0 Å². The molecule has 0 radical (unpaired) electrons. The third-order valence-electron chi connectivity index (χ3n) is 4.61.